The number of allylic oxidation sites excluding steroid dienone is 4. The number of H-pyrrole nitrogens is 1. The standard InChI is InChI=1S/C11H18O.C6H7N3S.C6H6/c1-6-8-9(10(12)7-2)11(3,4)5;1-2-5-6(3-4-10)8-9-7-5;1-2-4-6-5-3-1/h6-8,12H,2H2,1,3-5H3;2-4,10H,1H2,(H,7,8,9);1-6H/b8-6+,10-9-;4-3+;. The number of rotatable bonds is 4. The Balaban J connectivity index is 0.000000409. The Morgan fingerprint density at radius 3 is 1.89 bits per heavy atom. The maximum Gasteiger partial charge on any atom is 0.118 e. The molecule has 1 aromatic heterocycles. The lowest BCUT2D eigenvalue weighted by Crippen LogP contribution is -2.09. The fraction of sp³-hybridized carbons (Fsp3) is 0.217. The Bertz CT molecular complexity index is 755. The first kappa shape index (κ1) is 25.2. The fourth-order valence-corrected chi connectivity index (χ4v) is 2.11. The molecular formula is C23H31N3OS. The summed E-state index contributed by atoms with van der Waals surface area (Å²) in [6, 6.07) is 12.0. The van der Waals surface area contributed by atoms with Gasteiger partial charge < -0.3 is 5.11 Å². The van der Waals surface area contributed by atoms with Crippen LogP contribution in [0.4, 0.5) is 0 Å². The molecule has 0 amide bonds. The smallest absolute Gasteiger partial charge is 0.118 e. The predicted molar refractivity (Wildman–Crippen MR) is 125 cm³/mol. The monoisotopic (exact) mass is 397 g/mol. The van der Waals surface area contributed by atoms with E-state index in [1.807, 2.05) is 55.5 Å². The highest BCUT2D eigenvalue weighted by Crippen LogP contribution is 2.28. The third-order valence-electron chi connectivity index (χ3n) is 3.31. The van der Waals surface area contributed by atoms with Crippen LogP contribution in [0.15, 0.2) is 84.5 Å². The van der Waals surface area contributed by atoms with Crippen LogP contribution >= 0.6 is 12.6 Å². The second-order valence-electron chi connectivity index (χ2n) is 6.52. The highest BCUT2D eigenvalue weighted by atomic mass is 32.1. The van der Waals surface area contributed by atoms with Gasteiger partial charge in [0.15, 0.2) is 0 Å². The molecule has 0 atom stereocenters. The van der Waals surface area contributed by atoms with Gasteiger partial charge in [0.05, 0.1) is 0 Å². The zero-order valence-corrected chi connectivity index (χ0v) is 18.0. The summed E-state index contributed by atoms with van der Waals surface area (Å²) in [6.45, 7) is 15.2. The maximum absolute atomic E-state index is 9.49. The maximum atomic E-state index is 9.49. The van der Waals surface area contributed by atoms with Gasteiger partial charge in [-0.25, -0.2) is 0 Å². The number of nitrogens with zero attached hydrogens (tertiary/aromatic N) is 2. The molecular weight excluding hydrogens is 366 g/mol. The summed E-state index contributed by atoms with van der Waals surface area (Å²) >= 11 is 3.90. The van der Waals surface area contributed by atoms with E-state index in [4.69, 9.17) is 0 Å². The molecule has 0 aliphatic rings. The molecule has 2 N–H and O–H groups in total. The minimum Gasteiger partial charge on any atom is -0.508 e. The van der Waals surface area contributed by atoms with Gasteiger partial charge in [-0.3, -0.25) is 0 Å². The van der Waals surface area contributed by atoms with Crippen molar-refractivity contribution in [3.8, 4) is 0 Å². The Morgan fingerprint density at radius 2 is 1.54 bits per heavy atom. The van der Waals surface area contributed by atoms with Gasteiger partial charge in [-0.05, 0) is 41.5 Å². The van der Waals surface area contributed by atoms with Gasteiger partial charge >= 0.3 is 0 Å². The molecule has 0 bridgehead atoms. The van der Waals surface area contributed by atoms with E-state index >= 15 is 0 Å². The molecule has 2 rings (SSSR count). The van der Waals surface area contributed by atoms with E-state index in [1.165, 1.54) is 6.08 Å². The first-order chi connectivity index (χ1) is 13.3. The van der Waals surface area contributed by atoms with Gasteiger partial charge in [0.1, 0.15) is 17.1 Å². The number of aromatic amines is 1. The summed E-state index contributed by atoms with van der Waals surface area (Å²) in [5.74, 6) is 0.264. The van der Waals surface area contributed by atoms with E-state index in [9.17, 15) is 5.11 Å². The molecule has 4 nitrogen and oxygen atoms in total. The molecule has 1 heterocycles. The Morgan fingerprint density at radius 1 is 1.04 bits per heavy atom. The van der Waals surface area contributed by atoms with E-state index in [0.717, 1.165) is 17.0 Å². The van der Waals surface area contributed by atoms with Crippen molar-refractivity contribution in [3.05, 3.63) is 95.9 Å². The molecule has 0 aliphatic heterocycles. The number of hydrogen-bond donors (Lipinski definition) is 3. The molecule has 0 unspecified atom stereocenters. The Labute approximate surface area is 174 Å². The van der Waals surface area contributed by atoms with Crippen LogP contribution < -0.4 is 0 Å². The highest BCUT2D eigenvalue weighted by molar-refractivity contribution is 7.83. The summed E-state index contributed by atoms with van der Waals surface area (Å²) in [5, 5.41) is 21.2. The molecule has 0 saturated heterocycles. The van der Waals surface area contributed by atoms with E-state index in [2.05, 4.69) is 62.0 Å². The zero-order chi connectivity index (χ0) is 21.4. The molecule has 5 heteroatoms. The van der Waals surface area contributed by atoms with Crippen LogP contribution in [0.2, 0.25) is 0 Å². The molecule has 0 fully saturated rings. The largest absolute Gasteiger partial charge is 0.508 e. The van der Waals surface area contributed by atoms with Gasteiger partial charge in [-0.2, -0.15) is 28.0 Å². The zero-order valence-electron chi connectivity index (χ0n) is 17.1. The molecule has 0 radical (unpaired) electrons. The van der Waals surface area contributed by atoms with Crippen molar-refractivity contribution in [1.29, 1.82) is 0 Å². The summed E-state index contributed by atoms with van der Waals surface area (Å²) in [7, 11) is 0. The normalized spacial score (nSPS) is 11.8. The van der Waals surface area contributed by atoms with Crippen LogP contribution in [0.1, 0.15) is 39.1 Å². The fourth-order valence-electron chi connectivity index (χ4n) is 1.97. The quantitative estimate of drug-likeness (QED) is 0.308. The van der Waals surface area contributed by atoms with Crippen molar-refractivity contribution in [3.63, 3.8) is 0 Å². The number of thiol groups is 1. The van der Waals surface area contributed by atoms with Crippen LogP contribution in [0.25, 0.3) is 12.2 Å². The van der Waals surface area contributed by atoms with Gasteiger partial charge in [-0.15, -0.1) is 0 Å². The van der Waals surface area contributed by atoms with E-state index < -0.39 is 0 Å². The van der Waals surface area contributed by atoms with E-state index in [-0.39, 0.29) is 11.2 Å². The van der Waals surface area contributed by atoms with Crippen molar-refractivity contribution < 1.29 is 5.11 Å². The number of nitrogens with one attached hydrogen (secondary N) is 1. The lowest BCUT2D eigenvalue weighted by atomic mass is 9.85. The Kier molecular flexibility index (Phi) is 12.9. The SMILES string of the molecule is C=C/C(O)=C(\C=C\C)C(C)(C)C.C=Cc1n[nH]nc1/C=C/S.c1ccccc1. The number of aliphatic hydroxyl groups is 1. The van der Waals surface area contributed by atoms with Crippen molar-refractivity contribution in [2.24, 2.45) is 5.41 Å². The van der Waals surface area contributed by atoms with Crippen molar-refractivity contribution in [2.75, 3.05) is 0 Å². The van der Waals surface area contributed by atoms with Gasteiger partial charge in [-0.1, -0.05) is 82.5 Å². The molecule has 0 aliphatic carbocycles. The second-order valence-corrected chi connectivity index (χ2v) is 6.82. The minimum atomic E-state index is -0.0369. The molecule has 2 aromatic rings. The van der Waals surface area contributed by atoms with Crippen molar-refractivity contribution in [2.45, 2.75) is 27.7 Å². The molecule has 0 spiro atoms. The first-order valence-corrected chi connectivity index (χ1v) is 9.36. The summed E-state index contributed by atoms with van der Waals surface area (Å²) in [6.07, 6.45) is 8.67. The third kappa shape index (κ3) is 10.4. The summed E-state index contributed by atoms with van der Waals surface area (Å²) in [5.41, 5.74) is 2.38. The summed E-state index contributed by atoms with van der Waals surface area (Å²) < 4.78 is 0. The summed E-state index contributed by atoms with van der Waals surface area (Å²) in [4.78, 5) is 0. The topological polar surface area (TPSA) is 61.8 Å². The van der Waals surface area contributed by atoms with Crippen LogP contribution in [0, 0.1) is 5.41 Å². The van der Waals surface area contributed by atoms with Gasteiger partial charge in [0.25, 0.3) is 0 Å². The van der Waals surface area contributed by atoms with Crippen LogP contribution in [-0.2, 0) is 0 Å². The first-order valence-electron chi connectivity index (χ1n) is 8.84. The predicted octanol–water partition coefficient (Wildman–Crippen LogP) is 6.64. The van der Waals surface area contributed by atoms with Crippen molar-refractivity contribution >= 4 is 24.8 Å². The molecule has 1 aromatic carbocycles. The third-order valence-corrected chi connectivity index (χ3v) is 3.46. The van der Waals surface area contributed by atoms with E-state index in [1.54, 1.807) is 17.6 Å². The average molecular weight is 398 g/mol. The Hall–Kier alpha value is -2.79. The van der Waals surface area contributed by atoms with Crippen molar-refractivity contribution in [1.82, 2.24) is 15.4 Å². The lowest BCUT2D eigenvalue weighted by Gasteiger charge is -2.20. The average Bonchev–Trinajstić information content (AvgIpc) is 3.14. The van der Waals surface area contributed by atoms with E-state index in [0.29, 0.717) is 0 Å². The minimum absolute atomic E-state index is 0.0369. The van der Waals surface area contributed by atoms with Gasteiger partial charge in [0, 0.05) is 0 Å². The number of benzene rings is 1. The molecule has 28 heavy (non-hydrogen) atoms. The van der Waals surface area contributed by atoms with Gasteiger partial charge in [0.2, 0.25) is 0 Å². The lowest BCUT2D eigenvalue weighted by molar-refractivity contribution is 0.397. The van der Waals surface area contributed by atoms with Crippen LogP contribution in [-0.4, -0.2) is 20.5 Å². The van der Waals surface area contributed by atoms with Crippen LogP contribution in [0.5, 0.6) is 0 Å². The number of aromatic nitrogens is 3. The molecule has 0 saturated carbocycles. The molecule has 150 valence electrons. The highest BCUT2D eigenvalue weighted by Gasteiger charge is 2.17. The number of aliphatic hydroxyl groups excluding tert-OH is 1. The number of hydrogen-bond acceptors (Lipinski definition) is 4. The second kappa shape index (κ2) is 14.3. The van der Waals surface area contributed by atoms with Crippen LogP contribution in [0.3, 0.4) is 0 Å².